The maximum absolute atomic E-state index is 5.68. The average molecular weight is 517 g/mol. The zero-order chi connectivity index (χ0) is 19.8. The Morgan fingerprint density at radius 1 is 1.28 bits per heavy atom. The number of rotatable bonds is 8. The first kappa shape index (κ1) is 24.1. The summed E-state index contributed by atoms with van der Waals surface area (Å²) in [7, 11) is 1.68. The van der Waals surface area contributed by atoms with Gasteiger partial charge in [0.15, 0.2) is 17.5 Å². The van der Waals surface area contributed by atoms with E-state index in [-0.39, 0.29) is 24.0 Å². The molecule has 2 fully saturated rings. The monoisotopic (exact) mass is 517 g/mol. The van der Waals surface area contributed by atoms with Gasteiger partial charge >= 0.3 is 0 Å². The van der Waals surface area contributed by atoms with Crippen molar-refractivity contribution in [1.82, 2.24) is 10.2 Å². The second-order valence-electron chi connectivity index (χ2n) is 7.73. The van der Waals surface area contributed by atoms with Gasteiger partial charge in [-0.3, -0.25) is 4.99 Å². The summed E-state index contributed by atoms with van der Waals surface area (Å²) in [5.74, 6) is 2.66. The van der Waals surface area contributed by atoms with Gasteiger partial charge in [0.1, 0.15) is 0 Å². The molecule has 0 radical (unpaired) electrons. The van der Waals surface area contributed by atoms with E-state index >= 15 is 0 Å². The minimum absolute atomic E-state index is 0. The number of nitrogens with one attached hydrogen (secondary N) is 1. The minimum atomic E-state index is 0. The lowest BCUT2D eigenvalue weighted by Gasteiger charge is -2.25. The highest BCUT2D eigenvalue weighted by Gasteiger charge is 2.42. The molecule has 1 spiro atoms. The van der Waals surface area contributed by atoms with Crippen molar-refractivity contribution >= 4 is 29.9 Å². The zero-order valence-corrected chi connectivity index (χ0v) is 20.4. The Morgan fingerprint density at radius 2 is 2.14 bits per heavy atom. The third-order valence-electron chi connectivity index (χ3n) is 5.67. The zero-order valence-electron chi connectivity index (χ0n) is 18.0. The fourth-order valence-corrected chi connectivity index (χ4v) is 4.13. The van der Waals surface area contributed by atoms with E-state index in [9.17, 15) is 0 Å². The van der Waals surface area contributed by atoms with Gasteiger partial charge in [0, 0.05) is 38.2 Å². The van der Waals surface area contributed by atoms with Crippen LogP contribution in [-0.2, 0) is 11.2 Å². The van der Waals surface area contributed by atoms with Gasteiger partial charge in [0.25, 0.3) is 0 Å². The molecule has 1 aromatic carbocycles. The number of guanidine groups is 1. The molecule has 0 amide bonds. The molecule has 1 unspecified atom stereocenters. The number of hydrogen-bond donors (Lipinski definition) is 1. The number of hydrogen-bond acceptors (Lipinski definition) is 4. The Kier molecular flexibility index (Phi) is 9.82. The normalized spacial score (nSPS) is 21.3. The van der Waals surface area contributed by atoms with E-state index in [0.717, 1.165) is 69.7 Å². The van der Waals surface area contributed by atoms with Crippen molar-refractivity contribution in [1.29, 1.82) is 0 Å². The number of ether oxygens (including phenoxy) is 3. The average Bonchev–Trinajstić information content (AvgIpc) is 3.35. The van der Waals surface area contributed by atoms with Crippen molar-refractivity contribution in [3.63, 3.8) is 0 Å². The van der Waals surface area contributed by atoms with Crippen LogP contribution in [0.4, 0.5) is 0 Å². The lowest BCUT2D eigenvalue weighted by atomic mass is 9.87. The van der Waals surface area contributed by atoms with Gasteiger partial charge in [-0.15, -0.1) is 24.0 Å². The van der Waals surface area contributed by atoms with Crippen LogP contribution in [-0.4, -0.2) is 64.0 Å². The Labute approximate surface area is 192 Å². The number of benzene rings is 1. The highest BCUT2D eigenvalue weighted by atomic mass is 127. The maximum atomic E-state index is 5.68. The van der Waals surface area contributed by atoms with Gasteiger partial charge in [-0.05, 0) is 57.2 Å². The number of methoxy groups -OCH3 is 1. The molecule has 164 valence electrons. The predicted molar refractivity (Wildman–Crippen MR) is 128 cm³/mol. The van der Waals surface area contributed by atoms with E-state index in [1.165, 1.54) is 18.4 Å². The summed E-state index contributed by atoms with van der Waals surface area (Å²) in [6.45, 7) is 10.4. The van der Waals surface area contributed by atoms with Crippen LogP contribution in [0, 0.1) is 5.41 Å². The molecule has 7 heteroatoms. The highest BCUT2D eigenvalue weighted by molar-refractivity contribution is 14.0. The fourth-order valence-electron chi connectivity index (χ4n) is 4.13. The fraction of sp³-hybridized carbons (Fsp3) is 0.682. The summed E-state index contributed by atoms with van der Waals surface area (Å²) in [4.78, 5) is 7.31. The minimum Gasteiger partial charge on any atom is -0.493 e. The Hall–Kier alpha value is -1.22. The molecular weight excluding hydrogens is 481 g/mol. The summed E-state index contributed by atoms with van der Waals surface area (Å²) in [5.41, 5.74) is 1.61. The van der Waals surface area contributed by atoms with Crippen LogP contribution in [0.3, 0.4) is 0 Å². The topological polar surface area (TPSA) is 55.3 Å². The molecule has 2 aliphatic rings. The Bertz CT molecular complexity index is 663. The quantitative estimate of drug-likeness (QED) is 0.247. The second kappa shape index (κ2) is 11.8. The first-order valence-electron chi connectivity index (χ1n) is 10.6. The van der Waals surface area contributed by atoms with Crippen LogP contribution >= 0.6 is 24.0 Å². The van der Waals surface area contributed by atoms with Gasteiger partial charge < -0.3 is 24.4 Å². The standard InChI is InChI=1S/C22H35N3O3.HI/c1-4-23-21(25-13-10-22(16-25)11-14-27-17-22)24-12-6-7-18-8-9-19(26-3)20(15-18)28-5-2;/h8-9,15H,4-7,10-14,16-17H2,1-3H3,(H,23,24);1H. The summed E-state index contributed by atoms with van der Waals surface area (Å²) in [6.07, 6.45) is 4.38. The highest BCUT2D eigenvalue weighted by Crippen LogP contribution is 2.38. The van der Waals surface area contributed by atoms with E-state index < -0.39 is 0 Å². The SMILES string of the molecule is CCNC(=NCCCc1ccc(OC)c(OCC)c1)N1CCC2(CCOC2)C1.I. The van der Waals surface area contributed by atoms with Crippen LogP contribution < -0.4 is 14.8 Å². The van der Waals surface area contributed by atoms with Crippen LogP contribution in [0.1, 0.15) is 38.7 Å². The molecule has 0 aliphatic carbocycles. The molecule has 6 nitrogen and oxygen atoms in total. The number of aliphatic imine (C=N–C) groups is 1. The van der Waals surface area contributed by atoms with Crippen molar-refractivity contribution in [2.45, 2.75) is 39.5 Å². The van der Waals surface area contributed by atoms with E-state index in [1.54, 1.807) is 7.11 Å². The van der Waals surface area contributed by atoms with Crippen LogP contribution in [0.25, 0.3) is 0 Å². The summed E-state index contributed by atoms with van der Waals surface area (Å²) in [6, 6.07) is 6.18. The first-order valence-corrected chi connectivity index (χ1v) is 10.6. The third kappa shape index (κ3) is 6.38. The van der Waals surface area contributed by atoms with Gasteiger partial charge in [-0.2, -0.15) is 0 Å². The lowest BCUT2D eigenvalue weighted by Crippen LogP contribution is -2.41. The molecule has 1 aromatic rings. The molecule has 1 atom stereocenters. The molecule has 29 heavy (non-hydrogen) atoms. The predicted octanol–water partition coefficient (Wildman–Crippen LogP) is 3.72. The van der Waals surface area contributed by atoms with Crippen LogP contribution in [0.15, 0.2) is 23.2 Å². The number of halogens is 1. The van der Waals surface area contributed by atoms with Gasteiger partial charge in [-0.25, -0.2) is 0 Å². The molecule has 0 saturated carbocycles. The van der Waals surface area contributed by atoms with Crippen molar-refractivity contribution in [2.24, 2.45) is 10.4 Å². The molecule has 0 aromatic heterocycles. The molecular formula is C22H36IN3O3. The third-order valence-corrected chi connectivity index (χ3v) is 5.67. The molecule has 0 bridgehead atoms. The van der Waals surface area contributed by atoms with Crippen molar-refractivity contribution in [2.75, 3.05) is 53.1 Å². The Balaban J connectivity index is 0.00000300. The van der Waals surface area contributed by atoms with Crippen LogP contribution in [0.2, 0.25) is 0 Å². The van der Waals surface area contributed by atoms with Gasteiger partial charge in [0.05, 0.1) is 20.3 Å². The summed E-state index contributed by atoms with van der Waals surface area (Å²) in [5, 5.41) is 3.47. The molecule has 2 heterocycles. The lowest BCUT2D eigenvalue weighted by molar-refractivity contribution is 0.156. The van der Waals surface area contributed by atoms with E-state index in [4.69, 9.17) is 19.2 Å². The Morgan fingerprint density at radius 3 is 2.83 bits per heavy atom. The molecule has 2 saturated heterocycles. The molecule has 1 N–H and O–H groups in total. The summed E-state index contributed by atoms with van der Waals surface area (Å²) >= 11 is 0. The first-order chi connectivity index (χ1) is 13.7. The largest absolute Gasteiger partial charge is 0.493 e. The molecule has 3 rings (SSSR count). The smallest absolute Gasteiger partial charge is 0.193 e. The number of likely N-dealkylation sites (tertiary alicyclic amines) is 1. The molecule has 2 aliphatic heterocycles. The van der Waals surface area contributed by atoms with E-state index in [1.807, 2.05) is 13.0 Å². The van der Waals surface area contributed by atoms with Gasteiger partial charge in [-0.1, -0.05) is 6.07 Å². The van der Waals surface area contributed by atoms with Gasteiger partial charge in [0.2, 0.25) is 0 Å². The van der Waals surface area contributed by atoms with Crippen molar-refractivity contribution in [3.05, 3.63) is 23.8 Å². The van der Waals surface area contributed by atoms with Crippen molar-refractivity contribution in [3.8, 4) is 11.5 Å². The van der Waals surface area contributed by atoms with Crippen LogP contribution in [0.5, 0.6) is 11.5 Å². The van der Waals surface area contributed by atoms with Crippen molar-refractivity contribution < 1.29 is 14.2 Å². The maximum Gasteiger partial charge on any atom is 0.193 e. The second-order valence-corrected chi connectivity index (χ2v) is 7.73. The number of nitrogens with zero attached hydrogens (tertiary/aromatic N) is 2. The number of aryl methyl sites for hydroxylation is 1. The van der Waals surface area contributed by atoms with E-state index in [0.29, 0.717) is 12.0 Å². The van der Waals surface area contributed by atoms with E-state index in [2.05, 4.69) is 29.3 Å². The summed E-state index contributed by atoms with van der Waals surface area (Å²) < 4.78 is 16.7.